The summed E-state index contributed by atoms with van der Waals surface area (Å²) in [5.41, 5.74) is 4.47. The molecule has 0 atom stereocenters. The van der Waals surface area contributed by atoms with Crippen molar-refractivity contribution in [1.29, 1.82) is 5.41 Å². The number of rotatable bonds is 6. The Morgan fingerprint density at radius 2 is 2.03 bits per heavy atom. The smallest absolute Gasteiger partial charge is 0.283 e. The fourth-order valence-electron chi connectivity index (χ4n) is 3.61. The monoisotopic (exact) mass is 419 g/mol. The van der Waals surface area contributed by atoms with Gasteiger partial charge < -0.3 is 4.57 Å². The minimum absolute atomic E-state index is 0.0800. The van der Waals surface area contributed by atoms with Crippen LogP contribution in [0.1, 0.15) is 49.4 Å². The third-order valence-electron chi connectivity index (χ3n) is 5.17. The summed E-state index contributed by atoms with van der Waals surface area (Å²) in [6, 6.07) is 10.1. The van der Waals surface area contributed by atoms with Gasteiger partial charge in [-0.05, 0) is 68.3 Å². The number of unbranched alkanes of at least 4 members (excludes halogenated alkanes) is 2. The number of benzene rings is 1. The number of amides is 1. The number of hydrogen-bond donors (Lipinski definition) is 1. The minimum Gasteiger partial charge on any atom is -0.317 e. The Morgan fingerprint density at radius 1 is 1.20 bits per heavy atom. The maximum atomic E-state index is 12.7. The molecule has 30 heavy (non-hydrogen) atoms. The van der Waals surface area contributed by atoms with Gasteiger partial charge in [-0.2, -0.15) is 15.1 Å². The first-order valence-electron chi connectivity index (χ1n) is 10.2. The second-order valence-corrected chi connectivity index (χ2v) is 8.60. The summed E-state index contributed by atoms with van der Waals surface area (Å²) in [6.45, 7) is 6.30. The molecule has 0 spiro atoms. The van der Waals surface area contributed by atoms with Crippen molar-refractivity contribution < 1.29 is 4.79 Å². The molecule has 0 unspecified atom stereocenters. The van der Waals surface area contributed by atoms with E-state index >= 15 is 0 Å². The number of aromatic nitrogens is 1. The summed E-state index contributed by atoms with van der Waals surface area (Å²) in [7, 11) is 0. The molecule has 154 valence electrons. The molecule has 1 aromatic heterocycles. The van der Waals surface area contributed by atoms with Crippen LogP contribution < -0.4 is 0 Å². The zero-order valence-corrected chi connectivity index (χ0v) is 18.3. The molecule has 1 amide bonds. The molecular weight excluding hydrogens is 394 g/mol. The molecule has 6 nitrogen and oxygen atoms in total. The highest BCUT2D eigenvalue weighted by Gasteiger charge is 2.35. The van der Waals surface area contributed by atoms with Gasteiger partial charge in [0.05, 0.1) is 5.57 Å². The van der Waals surface area contributed by atoms with Gasteiger partial charge in [-0.25, -0.2) is 0 Å². The number of thioether (sulfide) groups is 1. The van der Waals surface area contributed by atoms with Gasteiger partial charge in [0, 0.05) is 17.6 Å². The van der Waals surface area contributed by atoms with Gasteiger partial charge in [0.25, 0.3) is 5.91 Å². The Kier molecular flexibility index (Phi) is 5.72. The summed E-state index contributed by atoms with van der Waals surface area (Å²) in [5.74, 6) is -0.312. The summed E-state index contributed by atoms with van der Waals surface area (Å²) in [5, 5.41) is 16.0. The third kappa shape index (κ3) is 3.89. The van der Waals surface area contributed by atoms with Crippen LogP contribution in [-0.2, 0) is 4.79 Å². The van der Waals surface area contributed by atoms with Crippen LogP contribution in [0.5, 0.6) is 0 Å². The minimum atomic E-state index is -0.392. The predicted molar refractivity (Wildman–Crippen MR) is 124 cm³/mol. The molecule has 7 heteroatoms. The lowest BCUT2D eigenvalue weighted by atomic mass is 10.1. The Balaban J connectivity index is 1.64. The van der Waals surface area contributed by atoms with Crippen LogP contribution in [0.4, 0.5) is 0 Å². The maximum Gasteiger partial charge on any atom is 0.283 e. The molecule has 0 saturated heterocycles. The summed E-state index contributed by atoms with van der Waals surface area (Å²) in [6.07, 6.45) is 7.89. The number of fused-ring (bicyclic) bond motifs is 1. The molecule has 2 aromatic rings. The quantitative estimate of drug-likeness (QED) is 0.510. The van der Waals surface area contributed by atoms with E-state index in [0.29, 0.717) is 5.17 Å². The SMILES string of the molecule is CCCCCC1=NN2C(=N)/C(=C\c3cccn3-c3ccc(C)cc3C)C(=O)N=C2S1. The number of aryl methyl sites for hydroxylation is 2. The van der Waals surface area contributed by atoms with Crippen molar-refractivity contribution in [2.75, 3.05) is 0 Å². The topological polar surface area (TPSA) is 73.8 Å². The fraction of sp³-hybridized carbons (Fsp3) is 0.304. The van der Waals surface area contributed by atoms with Crippen molar-refractivity contribution in [2.45, 2.75) is 46.5 Å². The molecule has 0 saturated carbocycles. The molecular formula is C23H25N5OS. The second-order valence-electron chi connectivity index (χ2n) is 7.56. The van der Waals surface area contributed by atoms with Crippen molar-refractivity contribution in [3.8, 4) is 5.69 Å². The summed E-state index contributed by atoms with van der Waals surface area (Å²) >= 11 is 1.40. The van der Waals surface area contributed by atoms with Gasteiger partial charge >= 0.3 is 0 Å². The fourth-order valence-corrected chi connectivity index (χ4v) is 4.54. The molecule has 0 bridgehead atoms. The van der Waals surface area contributed by atoms with E-state index in [1.807, 2.05) is 22.9 Å². The van der Waals surface area contributed by atoms with E-state index in [1.54, 1.807) is 6.08 Å². The number of amidine groups is 2. The van der Waals surface area contributed by atoms with Crippen LogP contribution in [0, 0.1) is 19.3 Å². The molecule has 1 aromatic carbocycles. The number of carbonyl (C=O) groups is 1. The largest absolute Gasteiger partial charge is 0.317 e. The Bertz CT molecular complexity index is 1110. The van der Waals surface area contributed by atoms with Crippen LogP contribution in [-0.4, -0.2) is 31.5 Å². The van der Waals surface area contributed by atoms with Crippen LogP contribution in [0.15, 0.2) is 52.2 Å². The highest BCUT2D eigenvalue weighted by Crippen LogP contribution is 2.30. The normalized spacial score (nSPS) is 17.4. The maximum absolute atomic E-state index is 12.7. The predicted octanol–water partition coefficient (Wildman–Crippen LogP) is 5.29. The molecule has 2 aliphatic rings. The first-order chi connectivity index (χ1) is 14.5. The Hall–Kier alpha value is -2.93. The number of hydrogen-bond acceptors (Lipinski definition) is 4. The first-order valence-corrected chi connectivity index (χ1v) is 11.0. The van der Waals surface area contributed by atoms with E-state index in [0.717, 1.165) is 47.7 Å². The number of aliphatic imine (C=N–C) groups is 1. The average Bonchev–Trinajstić information content (AvgIpc) is 3.32. The van der Waals surface area contributed by atoms with E-state index < -0.39 is 5.91 Å². The van der Waals surface area contributed by atoms with Gasteiger partial charge in [-0.15, -0.1) is 0 Å². The standard InChI is InChI=1S/C23H25N5OS/c1-4-5-6-9-20-26-28-21(24)18(22(29)25-23(28)30-20)14-17-8-7-12-27(17)19-11-10-15(2)13-16(19)3/h7-8,10-14,24H,4-6,9H2,1-3H3/b18-14+,24-21?. The van der Waals surface area contributed by atoms with E-state index in [-0.39, 0.29) is 11.4 Å². The third-order valence-corrected chi connectivity index (χ3v) is 6.14. The van der Waals surface area contributed by atoms with Gasteiger partial charge in [0.2, 0.25) is 5.17 Å². The summed E-state index contributed by atoms with van der Waals surface area (Å²) in [4.78, 5) is 16.9. The second kappa shape index (κ2) is 8.44. The Morgan fingerprint density at radius 3 is 2.80 bits per heavy atom. The van der Waals surface area contributed by atoms with Crippen molar-refractivity contribution in [3.63, 3.8) is 0 Å². The summed E-state index contributed by atoms with van der Waals surface area (Å²) < 4.78 is 2.03. The lowest BCUT2D eigenvalue weighted by Gasteiger charge is -2.20. The van der Waals surface area contributed by atoms with Crippen molar-refractivity contribution in [1.82, 2.24) is 9.58 Å². The molecule has 1 N–H and O–H groups in total. The number of hydrazone groups is 1. The van der Waals surface area contributed by atoms with E-state index in [1.165, 1.54) is 22.3 Å². The van der Waals surface area contributed by atoms with E-state index in [4.69, 9.17) is 5.41 Å². The molecule has 3 heterocycles. The molecule has 2 aliphatic heterocycles. The number of carbonyl (C=O) groups excluding carboxylic acids is 1. The van der Waals surface area contributed by atoms with Gasteiger partial charge in [0.1, 0.15) is 5.04 Å². The van der Waals surface area contributed by atoms with Crippen molar-refractivity contribution in [3.05, 3.63) is 58.9 Å². The van der Waals surface area contributed by atoms with Crippen molar-refractivity contribution in [2.24, 2.45) is 10.1 Å². The highest BCUT2D eigenvalue weighted by atomic mass is 32.2. The van der Waals surface area contributed by atoms with Gasteiger partial charge in [-0.3, -0.25) is 10.2 Å². The van der Waals surface area contributed by atoms with Crippen LogP contribution in [0.3, 0.4) is 0 Å². The zero-order valence-electron chi connectivity index (χ0n) is 17.5. The Labute approximate surface area is 180 Å². The first kappa shape index (κ1) is 20.3. The number of nitrogens with one attached hydrogen (secondary N) is 1. The van der Waals surface area contributed by atoms with Crippen LogP contribution >= 0.6 is 11.8 Å². The molecule has 0 fully saturated rings. The molecule has 0 radical (unpaired) electrons. The average molecular weight is 420 g/mol. The van der Waals surface area contributed by atoms with E-state index in [9.17, 15) is 4.79 Å². The van der Waals surface area contributed by atoms with Crippen LogP contribution in [0.2, 0.25) is 0 Å². The van der Waals surface area contributed by atoms with Crippen LogP contribution in [0.25, 0.3) is 11.8 Å². The molecule has 0 aliphatic carbocycles. The lowest BCUT2D eigenvalue weighted by Crippen LogP contribution is -2.35. The highest BCUT2D eigenvalue weighted by molar-refractivity contribution is 8.26. The molecule has 4 rings (SSSR count). The lowest BCUT2D eigenvalue weighted by molar-refractivity contribution is -0.114. The zero-order chi connectivity index (χ0) is 21.3. The number of nitrogens with zero attached hydrogens (tertiary/aromatic N) is 4. The van der Waals surface area contributed by atoms with Crippen molar-refractivity contribution >= 4 is 39.8 Å². The van der Waals surface area contributed by atoms with Gasteiger partial charge in [0.15, 0.2) is 5.84 Å². The van der Waals surface area contributed by atoms with E-state index in [2.05, 4.69) is 49.1 Å². The van der Waals surface area contributed by atoms with Gasteiger partial charge in [-0.1, -0.05) is 37.5 Å².